The lowest BCUT2D eigenvalue weighted by Crippen LogP contribution is -2.27. The minimum absolute atomic E-state index is 0.0786. The predicted octanol–water partition coefficient (Wildman–Crippen LogP) is 16.8. The number of carbonyl (C=O) groups is 2. The number of aliphatic hydroxyl groups excluding tert-OH is 1. The van der Waals surface area contributed by atoms with Crippen LogP contribution in [0.25, 0.3) is 0 Å². The van der Waals surface area contributed by atoms with Crippen molar-refractivity contribution in [1.82, 2.24) is 5.32 Å². The van der Waals surface area contributed by atoms with E-state index >= 15 is 0 Å². The van der Waals surface area contributed by atoms with Gasteiger partial charge in [0.2, 0.25) is 5.91 Å². The summed E-state index contributed by atoms with van der Waals surface area (Å²) in [4.78, 5) is 34.1. The molecule has 0 saturated heterocycles. The lowest BCUT2D eigenvalue weighted by Gasteiger charge is -2.15. The smallest absolute Gasteiger partial charge is 0.463 e. The molecule has 0 radical (unpaired) electrons. The van der Waals surface area contributed by atoms with Gasteiger partial charge in [0, 0.05) is 19.4 Å². The predicted molar refractivity (Wildman–Crippen MR) is 280 cm³/mol. The lowest BCUT2D eigenvalue weighted by molar-refractivity contribution is -0.147. The van der Waals surface area contributed by atoms with Gasteiger partial charge in [-0.05, 0) is 51.4 Å². The van der Waals surface area contributed by atoms with Crippen molar-refractivity contribution in [2.75, 3.05) is 26.4 Å². The highest BCUT2D eigenvalue weighted by Crippen LogP contribution is 2.42. The lowest BCUT2D eigenvalue weighted by atomic mass is 10.0. The molecule has 0 heterocycles. The first-order chi connectivity index (χ1) is 32.3. The molecule has 0 aromatic carbocycles. The molecule has 0 saturated carbocycles. The summed E-state index contributed by atoms with van der Waals surface area (Å²) in [5.74, 6) is -0.512. The molecule has 9 nitrogen and oxygen atoms in total. The first-order valence-corrected chi connectivity index (χ1v) is 29.5. The number of allylic oxidation sites excluding steroid dienone is 6. The van der Waals surface area contributed by atoms with Crippen LogP contribution in [0.1, 0.15) is 277 Å². The van der Waals surface area contributed by atoms with Crippen LogP contribution in [0.15, 0.2) is 36.5 Å². The van der Waals surface area contributed by atoms with Gasteiger partial charge in [0.1, 0.15) is 12.7 Å². The highest BCUT2D eigenvalue weighted by molar-refractivity contribution is 7.47. The maximum atomic E-state index is 12.2. The highest BCUT2D eigenvalue weighted by atomic mass is 31.2. The third kappa shape index (κ3) is 53.2. The third-order valence-electron chi connectivity index (χ3n) is 12.3. The van der Waals surface area contributed by atoms with Crippen LogP contribution in [-0.4, -0.2) is 54.3 Å². The van der Waals surface area contributed by atoms with Crippen molar-refractivity contribution < 1.29 is 37.9 Å². The van der Waals surface area contributed by atoms with Gasteiger partial charge in [-0.3, -0.25) is 18.6 Å². The zero-order valence-corrected chi connectivity index (χ0v) is 44.0. The summed E-state index contributed by atoms with van der Waals surface area (Å²) in [6, 6.07) is 0. The van der Waals surface area contributed by atoms with Crippen molar-refractivity contribution in [2.45, 2.75) is 283 Å². The molecule has 2 unspecified atom stereocenters. The Hall–Kier alpha value is -1.77. The van der Waals surface area contributed by atoms with Gasteiger partial charge in [0.25, 0.3) is 0 Å². The largest absolute Gasteiger partial charge is 0.472 e. The van der Waals surface area contributed by atoms with Gasteiger partial charge in [-0.2, -0.15) is 0 Å². The number of esters is 1. The monoisotopic (exact) mass is 952 g/mol. The van der Waals surface area contributed by atoms with E-state index in [1.54, 1.807) is 0 Å². The quantitative estimate of drug-likeness (QED) is 0.0238. The normalized spacial score (nSPS) is 13.3. The SMILES string of the molecule is CCCCC/C=C\C/C=C\C/C=C\CCCCCCCCCCC(=O)NCCOP(=O)(O)OCC(O)COC(=O)CCCCCCCCCCCCCCCCCCCCCCCCCC. The molecule has 0 aliphatic carbocycles. The molecule has 3 N–H and O–H groups in total. The van der Waals surface area contributed by atoms with Gasteiger partial charge in [-0.1, -0.05) is 249 Å². The van der Waals surface area contributed by atoms with E-state index in [1.807, 2.05) is 0 Å². The van der Waals surface area contributed by atoms with Gasteiger partial charge >= 0.3 is 13.8 Å². The number of carbonyl (C=O) groups excluding carboxylic acids is 2. The minimum Gasteiger partial charge on any atom is -0.463 e. The second-order valence-corrected chi connectivity index (χ2v) is 20.4. The number of hydrogen-bond donors (Lipinski definition) is 3. The van der Waals surface area contributed by atoms with E-state index < -0.39 is 26.5 Å². The van der Waals surface area contributed by atoms with E-state index in [4.69, 9.17) is 13.8 Å². The molecule has 0 aliphatic rings. The summed E-state index contributed by atoms with van der Waals surface area (Å²) in [5.41, 5.74) is 0. The highest BCUT2D eigenvalue weighted by Gasteiger charge is 2.23. The zero-order chi connectivity index (χ0) is 48.1. The molecule has 2 atom stereocenters. The summed E-state index contributed by atoms with van der Waals surface area (Å²) in [7, 11) is -4.43. The molecule has 388 valence electrons. The Balaban J connectivity index is 3.52. The van der Waals surface area contributed by atoms with Crippen molar-refractivity contribution in [3.63, 3.8) is 0 Å². The number of aliphatic hydroxyl groups is 1. The molecule has 1 amide bonds. The molecule has 66 heavy (non-hydrogen) atoms. The number of amides is 1. The number of nitrogens with one attached hydrogen (secondary N) is 1. The van der Waals surface area contributed by atoms with Crippen molar-refractivity contribution in [3.8, 4) is 0 Å². The summed E-state index contributed by atoms with van der Waals surface area (Å²) in [6.07, 6.45) is 62.4. The number of rotatable bonds is 53. The van der Waals surface area contributed by atoms with Crippen LogP contribution in [-0.2, 0) is 27.9 Å². The number of hydrogen-bond acceptors (Lipinski definition) is 7. The van der Waals surface area contributed by atoms with Gasteiger partial charge < -0.3 is 20.1 Å². The molecule has 0 bridgehead atoms. The molecule has 0 rings (SSSR count). The van der Waals surface area contributed by atoms with E-state index in [2.05, 4.69) is 55.6 Å². The molecule has 0 aromatic heterocycles. The second kappa shape index (κ2) is 52.6. The Bertz CT molecular complexity index is 1180. The average molecular weight is 952 g/mol. The van der Waals surface area contributed by atoms with Crippen LogP contribution < -0.4 is 5.32 Å². The van der Waals surface area contributed by atoms with Crippen LogP contribution in [0.4, 0.5) is 0 Å². The Kier molecular flexibility index (Phi) is 51.2. The number of phosphoric ester groups is 1. The molecule has 0 aliphatic heterocycles. The van der Waals surface area contributed by atoms with E-state index in [9.17, 15) is 24.2 Å². The van der Waals surface area contributed by atoms with Crippen molar-refractivity contribution >= 4 is 19.7 Å². The topological polar surface area (TPSA) is 131 Å². The van der Waals surface area contributed by atoms with Gasteiger partial charge in [-0.15, -0.1) is 0 Å². The van der Waals surface area contributed by atoms with E-state index in [1.165, 1.54) is 193 Å². The van der Waals surface area contributed by atoms with Crippen molar-refractivity contribution in [3.05, 3.63) is 36.5 Å². The maximum absolute atomic E-state index is 12.2. The number of unbranched alkanes of at least 4 members (excludes halogenated alkanes) is 34. The third-order valence-corrected chi connectivity index (χ3v) is 13.3. The zero-order valence-electron chi connectivity index (χ0n) is 43.2. The minimum atomic E-state index is -4.43. The Morgan fingerprint density at radius 2 is 0.818 bits per heavy atom. The van der Waals surface area contributed by atoms with Crippen LogP contribution >= 0.6 is 7.82 Å². The fraction of sp³-hybridized carbons (Fsp3) is 0.857. The van der Waals surface area contributed by atoms with E-state index in [-0.39, 0.29) is 32.1 Å². The summed E-state index contributed by atoms with van der Waals surface area (Å²) < 4.78 is 27.1. The Labute approximate surface area is 407 Å². The van der Waals surface area contributed by atoms with Gasteiger partial charge in [0.05, 0.1) is 13.2 Å². The van der Waals surface area contributed by atoms with Gasteiger partial charge in [-0.25, -0.2) is 4.57 Å². The van der Waals surface area contributed by atoms with Crippen molar-refractivity contribution in [1.29, 1.82) is 0 Å². The van der Waals surface area contributed by atoms with Crippen LogP contribution in [0.2, 0.25) is 0 Å². The molecular formula is C56H106NO8P. The first-order valence-electron chi connectivity index (χ1n) is 28.0. The molecule has 10 heteroatoms. The number of ether oxygens (including phenoxy) is 1. The summed E-state index contributed by atoms with van der Waals surface area (Å²) >= 11 is 0. The molecule has 0 aromatic rings. The second-order valence-electron chi connectivity index (χ2n) is 18.9. The Morgan fingerprint density at radius 3 is 1.26 bits per heavy atom. The fourth-order valence-electron chi connectivity index (χ4n) is 8.10. The van der Waals surface area contributed by atoms with Crippen molar-refractivity contribution in [2.24, 2.45) is 0 Å². The van der Waals surface area contributed by atoms with Crippen LogP contribution in [0, 0.1) is 0 Å². The summed E-state index contributed by atoms with van der Waals surface area (Å²) in [5, 5.41) is 12.8. The molecule has 0 spiro atoms. The molecular weight excluding hydrogens is 846 g/mol. The molecule has 0 fully saturated rings. The maximum Gasteiger partial charge on any atom is 0.472 e. The van der Waals surface area contributed by atoms with E-state index in [0.717, 1.165) is 57.8 Å². The van der Waals surface area contributed by atoms with Gasteiger partial charge in [0.15, 0.2) is 0 Å². The van der Waals surface area contributed by atoms with E-state index in [0.29, 0.717) is 6.42 Å². The Morgan fingerprint density at radius 1 is 0.470 bits per heavy atom. The van der Waals surface area contributed by atoms with Crippen LogP contribution in [0.5, 0.6) is 0 Å². The standard InChI is InChI=1S/C56H106NO8P/c1-3-5-7-9-11-13-15-17-19-21-23-25-26-27-29-31-33-35-37-39-41-43-45-47-49-56(60)63-52-54(58)53-65-66(61,62)64-51-50-57-55(59)48-46-44-42-40-38-36-34-32-30-28-24-22-20-18-16-14-12-10-8-6-4-2/h12,14,18,20,24,28,54,58H,3-11,13,15-17,19,21-23,25-27,29-53H2,1-2H3,(H,57,59)(H,61,62)/b14-12-,20-18-,28-24-. The number of phosphoric acid groups is 1. The first kappa shape index (κ1) is 64.2. The average Bonchev–Trinajstić information content (AvgIpc) is 3.31. The van der Waals surface area contributed by atoms with Crippen LogP contribution in [0.3, 0.4) is 0 Å². The fourth-order valence-corrected chi connectivity index (χ4v) is 8.85. The summed E-state index contributed by atoms with van der Waals surface area (Å²) in [6.45, 7) is 3.57.